The predicted octanol–water partition coefficient (Wildman–Crippen LogP) is 3.72. The molecule has 0 amide bonds. The van der Waals surface area contributed by atoms with Gasteiger partial charge in [-0.3, -0.25) is 4.72 Å². The molecule has 0 aliphatic rings. The first kappa shape index (κ1) is 23.2. The number of nitrogens with zero attached hydrogens (tertiary/aromatic N) is 2. The summed E-state index contributed by atoms with van der Waals surface area (Å²) in [6.07, 6.45) is 0. The van der Waals surface area contributed by atoms with E-state index in [0.717, 1.165) is 16.8 Å². The quantitative estimate of drug-likeness (QED) is 0.442. The van der Waals surface area contributed by atoms with Crippen molar-refractivity contribution in [1.29, 1.82) is 0 Å². The lowest BCUT2D eigenvalue weighted by Gasteiger charge is -2.13. The van der Waals surface area contributed by atoms with Gasteiger partial charge < -0.3 is 20.1 Å². The van der Waals surface area contributed by atoms with Crippen molar-refractivity contribution in [2.75, 3.05) is 29.6 Å². The van der Waals surface area contributed by atoms with Crippen LogP contribution >= 0.6 is 12.2 Å². The second-order valence-electron chi connectivity index (χ2n) is 6.87. The summed E-state index contributed by atoms with van der Waals surface area (Å²) in [6.45, 7) is 4.02. The summed E-state index contributed by atoms with van der Waals surface area (Å²) in [7, 11) is -1.11. The molecule has 0 fully saturated rings. The third-order valence-corrected chi connectivity index (χ3v) is 5.79. The van der Waals surface area contributed by atoms with E-state index >= 15 is 0 Å². The van der Waals surface area contributed by atoms with E-state index in [-0.39, 0.29) is 22.6 Å². The minimum atomic E-state index is -3.89. The highest BCUT2D eigenvalue weighted by atomic mass is 32.2. The van der Waals surface area contributed by atoms with Crippen LogP contribution in [0.5, 0.6) is 11.9 Å². The molecule has 0 aliphatic heterocycles. The topological polar surface area (TPSA) is 114 Å². The highest BCUT2D eigenvalue weighted by molar-refractivity contribution is 7.92. The van der Waals surface area contributed by atoms with E-state index < -0.39 is 10.0 Å². The molecule has 9 nitrogen and oxygen atoms in total. The minimum absolute atomic E-state index is 0.0218. The first-order valence-electron chi connectivity index (χ1n) is 9.45. The molecule has 32 heavy (non-hydrogen) atoms. The van der Waals surface area contributed by atoms with Crippen LogP contribution in [0.4, 0.5) is 17.2 Å². The van der Waals surface area contributed by atoms with Gasteiger partial charge in [0.15, 0.2) is 10.9 Å². The zero-order valence-corrected chi connectivity index (χ0v) is 19.6. The van der Waals surface area contributed by atoms with Crippen LogP contribution in [0.15, 0.2) is 53.4 Å². The van der Waals surface area contributed by atoms with Crippen LogP contribution < -0.4 is 24.8 Å². The summed E-state index contributed by atoms with van der Waals surface area (Å²) in [4.78, 5) is 7.96. The monoisotopic (exact) mass is 473 g/mol. The Labute approximate surface area is 192 Å². The van der Waals surface area contributed by atoms with Crippen LogP contribution in [-0.4, -0.2) is 37.7 Å². The number of sulfonamides is 1. The molecule has 0 saturated heterocycles. The number of aromatic nitrogens is 2. The fourth-order valence-corrected chi connectivity index (χ4v) is 4.13. The maximum absolute atomic E-state index is 12.7. The molecular formula is C21H23N5O4S2. The summed E-state index contributed by atoms with van der Waals surface area (Å²) in [5, 5.41) is 6.55. The molecule has 3 aromatic rings. The van der Waals surface area contributed by atoms with Gasteiger partial charge in [-0.2, -0.15) is 9.97 Å². The number of nitrogens with one attached hydrogen (secondary N) is 3. The van der Waals surface area contributed by atoms with Crippen molar-refractivity contribution in [3.8, 4) is 11.9 Å². The Morgan fingerprint density at radius 2 is 1.50 bits per heavy atom. The average molecular weight is 474 g/mol. The lowest BCUT2D eigenvalue weighted by Crippen LogP contribution is -2.19. The molecule has 3 N–H and O–H groups in total. The van der Waals surface area contributed by atoms with E-state index in [1.807, 2.05) is 26.0 Å². The van der Waals surface area contributed by atoms with E-state index in [4.69, 9.17) is 21.7 Å². The molecule has 168 valence electrons. The molecule has 1 aromatic heterocycles. The molecule has 11 heteroatoms. The maximum Gasteiger partial charge on any atom is 0.321 e. The van der Waals surface area contributed by atoms with Gasteiger partial charge in [0.05, 0.1) is 19.1 Å². The summed E-state index contributed by atoms with van der Waals surface area (Å²) < 4.78 is 37.8. The molecule has 1 heterocycles. The van der Waals surface area contributed by atoms with Gasteiger partial charge in [0.25, 0.3) is 10.0 Å². The third-order valence-electron chi connectivity index (χ3n) is 4.21. The van der Waals surface area contributed by atoms with Crippen molar-refractivity contribution < 1.29 is 17.9 Å². The van der Waals surface area contributed by atoms with Crippen LogP contribution in [0.1, 0.15) is 11.1 Å². The van der Waals surface area contributed by atoms with Gasteiger partial charge in [-0.25, -0.2) is 8.42 Å². The van der Waals surface area contributed by atoms with Crippen molar-refractivity contribution in [3.05, 3.63) is 59.7 Å². The second kappa shape index (κ2) is 9.79. The van der Waals surface area contributed by atoms with Crippen molar-refractivity contribution in [2.45, 2.75) is 18.7 Å². The van der Waals surface area contributed by atoms with Gasteiger partial charge in [0.2, 0.25) is 5.88 Å². The molecular weight excluding hydrogens is 450 g/mol. The molecule has 0 spiro atoms. The zero-order chi connectivity index (χ0) is 23.3. The summed E-state index contributed by atoms with van der Waals surface area (Å²) >= 11 is 5.35. The fourth-order valence-electron chi connectivity index (χ4n) is 2.91. The summed E-state index contributed by atoms with van der Waals surface area (Å²) in [5.41, 5.74) is 3.75. The van der Waals surface area contributed by atoms with Crippen LogP contribution in [0.3, 0.4) is 0 Å². The van der Waals surface area contributed by atoms with Crippen molar-refractivity contribution in [3.63, 3.8) is 0 Å². The van der Waals surface area contributed by atoms with Crippen LogP contribution in [0.2, 0.25) is 0 Å². The van der Waals surface area contributed by atoms with Crippen LogP contribution in [-0.2, 0) is 10.0 Å². The Hall–Kier alpha value is -3.44. The Morgan fingerprint density at radius 1 is 0.875 bits per heavy atom. The molecule has 0 radical (unpaired) electrons. The number of anilines is 3. The lowest BCUT2D eigenvalue weighted by atomic mass is 10.1. The highest BCUT2D eigenvalue weighted by Gasteiger charge is 2.17. The fraction of sp³-hybridized carbons (Fsp3) is 0.190. The van der Waals surface area contributed by atoms with Crippen molar-refractivity contribution in [2.24, 2.45) is 0 Å². The smallest absolute Gasteiger partial charge is 0.321 e. The summed E-state index contributed by atoms with van der Waals surface area (Å²) in [5.74, 6) is 0.189. The van der Waals surface area contributed by atoms with E-state index in [1.54, 1.807) is 12.1 Å². The van der Waals surface area contributed by atoms with E-state index in [2.05, 4.69) is 31.4 Å². The normalized spacial score (nSPS) is 10.9. The standard InChI is InChI=1S/C21H23N5O4S2/c1-13-9-14(2)11-16(10-13)23-21(31)22-15-5-7-17(8-6-15)32(27,28)26-18-12-19(29-3)25-20(24-18)30-4/h5-12H,1-4H3,(H2,22,23,31)(H,24,25,26). The number of hydrogen-bond donors (Lipinski definition) is 3. The number of hydrogen-bond acceptors (Lipinski definition) is 7. The number of rotatable bonds is 7. The van der Waals surface area contributed by atoms with Gasteiger partial charge in [-0.1, -0.05) is 6.07 Å². The zero-order valence-electron chi connectivity index (χ0n) is 18.0. The van der Waals surface area contributed by atoms with Gasteiger partial charge in [0, 0.05) is 17.4 Å². The molecule has 0 bridgehead atoms. The number of thiocarbonyl (C=S) groups is 1. The Morgan fingerprint density at radius 3 is 2.09 bits per heavy atom. The van der Waals surface area contributed by atoms with Crippen LogP contribution in [0, 0.1) is 13.8 Å². The van der Waals surface area contributed by atoms with E-state index in [9.17, 15) is 8.42 Å². The highest BCUT2D eigenvalue weighted by Crippen LogP contribution is 2.22. The van der Waals surface area contributed by atoms with E-state index in [1.165, 1.54) is 32.4 Å². The number of ether oxygens (including phenoxy) is 2. The maximum atomic E-state index is 12.7. The third kappa shape index (κ3) is 6.05. The van der Waals surface area contributed by atoms with Crippen molar-refractivity contribution >= 4 is 44.5 Å². The van der Waals surface area contributed by atoms with Crippen molar-refractivity contribution in [1.82, 2.24) is 9.97 Å². The van der Waals surface area contributed by atoms with Gasteiger partial charge in [-0.15, -0.1) is 0 Å². The Kier molecular flexibility index (Phi) is 7.11. The van der Waals surface area contributed by atoms with E-state index in [0.29, 0.717) is 10.8 Å². The summed E-state index contributed by atoms with van der Waals surface area (Å²) in [6, 6.07) is 13.5. The second-order valence-corrected chi connectivity index (χ2v) is 8.96. The molecule has 3 rings (SSSR count). The first-order chi connectivity index (χ1) is 15.2. The lowest BCUT2D eigenvalue weighted by molar-refractivity contribution is 0.353. The number of methoxy groups -OCH3 is 2. The first-order valence-corrected chi connectivity index (χ1v) is 11.3. The van der Waals surface area contributed by atoms with Gasteiger partial charge in [-0.05, 0) is 73.6 Å². The number of aryl methyl sites for hydroxylation is 2. The molecule has 2 aromatic carbocycles. The van der Waals surface area contributed by atoms with Crippen LogP contribution in [0.25, 0.3) is 0 Å². The van der Waals surface area contributed by atoms with Gasteiger partial charge >= 0.3 is 6.01 Å². The largest absolute Gasteiger partial charge is 0.481 e. The SMILES string of the molecule is COc1cc(NS(=O)(=O)c2ccc(NC(=S)Nc3cc(C)cc(C)c3)cc2)nc(OC)n1. The molecule has 0 unspecified atom stereocenters. The number of benzene rings is 2. The predicted molar refractivity (Wildman–Crippen MR) is 128 cm³/mol. The molecule has 0 atom stereocenters. The minimum Gasteiger partial charge on any atom is -0.481 e. The molecule has 0 saturated carbocycles. The molecule has 0 aliphatic carbocycles. The average Bonchev–Trinajstić information content (AvgIpc) is 2.72. The Balaban J connectivity index is 1.69. The van der Waals surface area contributed by atoms with Gasteiger partial charge in [0.1, 0.15) is 0 Å². The Bertz CT molecular complexity index is 1190.